The zero-order chi connectivity index (χ0) is 7.68. The van der Waals surface area contributed by atoms with Gasteiger partial charge in [-0.2, -0.15) is 0 Å². The fraction of sp³-hybridized carbons (Fsp3) is 0.667. The summed E-state index contributed by atoms with van der Waals surface area (Å²) in [6, 6.07) is 0. The van der Waals surface area contributed by atoms with Gasteiger partial charge in [0.1, 0.15) is 0 Å². The van der Waals surface area contributed by atoms with E-state index in [0.29, 0.717) is 0 Å². The highest BCUT2D eigenvalue weighted by atomic mass is 15.1. The average molecular weight is 150 g/mol. The van der Waals surface area contributed by atoms with Crippen LogP contribution in [0.15, 0.2) is 16.8 Å². The molecule has 0 amide bonds. The zero-order valence-electron chi connectivity index (χ0n) is 6.95. The first-order valence-corrected chi connectivity index (χ1v) is 4.25. The maximum atomic E-state index is 4.18. The summed E-state index contributed by atoms with van der Waals surface area (Å²) in [6.07, 6.45) is 6.57. The summed E-state index contributed by atoms with van der Waals surface area (Å²) in [5, 5.41) is 0. The number of hydrogen-bond donors (Lipinski definition) is 0. The van der Waals surface area contributed by atoms with Gasteiger partial charge in [-0.05, 0) is 37.9 Å². The second kappa shape index (κ2) is 2.78. The molecule has 2 nitrogen and oxygen atoms in total. The van der Waals surface area contributed by atoms with Gasteiger partial charge in [-0.15, -0.1) is 0 Å². The third-order valence-corrected chi connectivity index (χ3v) is 2.57. The lowest BCUT2D eigenvalue weighted by molar-refractivity contribution is 0.280. The number of aliphatic imine (C=N–C) groups is 1. The molecule has 1 atom stereocenters. The number of fused-ring (bicyclic) bond motifs is 1. The summed E-state index contributed by atoms with van der Waals surface area (Å²) in [5.41, 5.74) is 1.53. The Balaban J connectivity index is 2.12. The van der Waals surface area contributed by atoms with E-state index in [0.717, 1.165) is 12.5 Å². The molecule has 1 saturated heterocycles. The van der Waals surface area contributed by atoms with Crippen molar-refractivity contribution in [1.29, 1.82) is 0 Å². The van der Waals surface area contributed by atoms with E-state index in [1.165, 1.54) is 25.0 Å². The lowest BCUT2D eigenvalue weighted by Gasteiger charge is -2.31. The molecule has 0 aromatic heterocycles. The first-order chi connectivity index (χ1) is 5.36. The number of nitrogens with zero attached hydrogens (tertiary/aromatic N) is 2. The Morgan fingerprint density at radius 3 is 3.45 bits per heavy atom. The zero-order valence-corrected chi connectivity index (χ0v) is 6.95. The molecule has 0 N–H and O–H groups in total. The summed E-state index contributed by atoms with van der Waals surface area (Å²) in [7, 11) is 2.18. The number of piperidine rings is 1. The lowest BCUT2D eigenvalue weighted by Crippen LogP contribution is -2.33. The second-order valence-corrected chi connectivity index (χ2v) is 3.49. The predicted octanol–water partition coefficient (Wildman–Crippen LogP) is 1.30. The molecule has 0 spiro atoms. The highest BCUT2D eigenvalue weighted by Crippen LogP contribution is 2.26. The molecule has 1 fully saturated rings. The van der Waals surface area contributed by atoms with Crippen LogP contribution in [-0.4, -0.2) is 31.3 Å². The van der Waals surface area contributed by atoms with Crippen LogP contribution in [0.4, 0.5) is 0 Å². The first-order valence-electron chi connectivity index (χ1n) is 4.25. The number of likely N-dealkylation sites (N-methyl/N-ethyl adjacent to an activating group) is 1. The molecule has 0 aromatic rings. The minimum absolute atomic E-state index is 0.809. The molecule has 2 heteroatoms. The number of likely N-dealkylation sites (tertiary alicyclic amines) is 1. The van der Waals surface area contributed by atoms with Crippen molar-refractivity contribution in [1.82, 2.24) is 4.90 Å². The molecular formula is C9H14N2. The van der Waals surface area contributed by atoms with Gasteiger partial charge in [0.2, 0.25) is 0 Å². The molecule has 2 heterocycles. The topological polar surface area (TPSA) is 15.6 Å². The van der Waals surface area contributed by atoms with E-state index in [1.807, 2.05) is 12.4 Å². The third-order valence-electron chi connectivity index (χ3n) is 2.57. The summed E-state index contributed by atoms with van der Waals surface area (Å²) in [4.78, 5) is 6.55. The first kappa shape index (κ1) is 7.04. The normalized spacial score (nSPS) is 31.4. The number of rotatable bonds is 0. The van der Waals surface area contributed by atoms with E-state index in [1.54, 1.807) is 0 Å². The summed E-state index contributed by atoms with van der Waals surface area (Å²) in [5.74, 6) is 0.809. The summed E-state index contributed by atoms with van der Waals surface area (Å²) < 4.78 is 0. The van der Waals surface area contributed by atoms with Crippen LogP contribution in [0.1, 0.15) is 12.8 Å². The monoisotopic (exact) mass is 150 g/mol. The van der Waals surface area contributed by atoms with Crippen molar-refractivity contribution in [3.63, 3.8) is 0 Å². The molecule has 2 aliphatic heterocycles. The van der Waals surface area contributed by atoms with Gasteiger partial charge in [0, 0.05) is 19.0 Å². The van der Waals surface area contributed by atoms with E-state index in [4.69, 9.17) is 0 Å². The highest BCUT2D eigenvalue weighted by Gasteiger charge is 2.21. The van der Waals surface area contributed by atoms with Crippen molar-refractivity contribution in [2.24, 2.45) is 10.9 Å². The van der Waals surface area contributed by atoms with Crippen molar-refractivity contribution < 1.29 is 0 Å². The molecule has 0 aromatic carbocycles. The average Bonchev–Trinajstić information content (AvgIpc) is 2.04. The van der Waals surface area contributed by atoms with Crippen LogP contribution in [0.25, 0.3) is 0 Å². The van der Waals surface area contributed by atoms with Gasteiger partial charge < -0.3 is 4.90 Å². The van der Waals surface area contributed by atoms with Gasteiger partial charge in [0.25, 0.3) is 0 Å². The molecule has 11 heavy (non-hydrogen) atoms. The van der Waals surface area contributed by atoms with Crippen LogP contribution in [0.3, 0.4) is 0 Å². The van der Waals surface area contributed by atoms with E-state index < -0.39 is 0 Å². The van der Waals surface area contributed by atoms with Crippen molar-refractivity contribution in [3.8, 4) is 0 Å². The third kappa shape index (κ3) is 1.36. The van der Waals surface area contributed by atoms with Crippen LogP contribution >= 0.6 is 0 Å². The Morgan fingerprint density at radius 1 is 1.64 bits per heavy atom. The maximum Gasteiger partial charge on any atom is 0.0271 e. The van der Waals surface area contributed by atoms with Crippen molar-refractivity contribution >= 4 is 6.21 Å². The van der Waals surface area contributed by atoms with Crippen LogP contribution < -0.4 is 0 Å². The fourth-order valence-corrected chi connectivity index (χ4v) is 1.83. The standard InChI is InChI=1S/C9H14N2/c1-11-5-3-8-2-4-10-6-9(8)7-11/h4,6,8H,2-3,5,7H2,1H3. The molecule has 1 unspecified atom stereocenters. The molecule has 0 radical (unpaired) electrons. The van der Waals surface area contributed by atoms with Gasteiger partial charge in [-0.25, -0.2) is 0 Å². The van der Waals surface area contributed by atoms with E-state index in [9.17, 15) is 0 Å². The maximum absolute atomic E-state index is 4.18. The predicted molar refractivity (Wildman–Crippen MR) is 46.8 cm³/mol. The molecule has 0 saturated carbocycles. The Kier molecular flexibility index (Phi) is 1.78. The number of hydrogen-bond acceptors (Lipinski definition) is 2. The minimum Gasteiger partial charge on any atom is -0.302 e. The van der Waals surface area contributed by atoms with Crippen molar-refractivity contribution in [2.45, 2.75) is 12.8 Å². The molecular weight excluding hydrogens is 136 g/mol. The Bertz CT molecular complexity index is 206. The Hall–Kier alpha value is -0.630. The van der Waals surface area contributed by atoms with E-state index >= 15 is 0 Å². The van der Waals surface area contributed by atoms with Gasteiger partial charge in [-0.1, -0.05) is 0 Å². The quantitative estimate of drug-likeness (QED) is 0.508. The lowest BCUT2D eigenvalue weighted by atomic mass is 9.88. The highest BCUT2D eigenvalue weighted by molar-refractivity contribution is 5.61. The van der Waals surface area contributed by atoms with Crippen molar-refractivity contribution in [2.75, 3.05) is 20.1 Å². The molecule has 0 aliphatic carbocycles. The minimum atomic E-state index is 0.809. The van der Waals surface area contributed by atoms with Gasteiger partial charge >= 0.3 is 0 Å². The van der Waals surface area contributed by atoms with Gasteiger partial charge in [0.05, 0.1) is 0 Å². The summed E-state index contributed by atoms with van der Waals surface area (Å²) in [6.45, 7) is 2.37. The van der Waals surface area contributed by atoms with Crippen LogP contribution in [0.5, 0.6) is 0 Å². The molecule has 2 rings (SSSR count). The smallest absolute Gasteiger partial charge is 0.0271 e. The Morgan fingerprint density at radius 2 is 2.55 bits per heavy atom. The largest absolute Gasteiger partial charge is 0.302 e. The van der Waals surface area contributed by atoms with Gasteiger partial charge in [0.15, 0.2) is 0 Å². The van der Waals surface area contributed by atoms with E-state index in [-0.39, 0.29) is 0 Å². The fourth-order valence-electron chi connectivity index (χ4n) is 1.83. The van der Waals surface area contributed by atoms with Crippen LogP contribution in [0, 0.1) is 5.92 Å². The van der Waals surface area contributed by atoms with Crippen LogP contribution in [0.2, 0.25) is 0 Å². The molecule has 2 aliphatic rings. The van der Waals surface area contributed by atoms with Gasteiger partial charge in [-0.3, -0.25) is 4.99 Å². The second-order valence-electron chi connectivity index (χ2n) is 3.49. The van der Waals surface area contributed by atoms with Crippen LogP contribution in [-0.2, 0) is 0 Å². The SMILES string of the molecule is CN1CCC2CC=NC=C2C1. The van der Waals surface area contributed by atoms with E-state index in [2.05, 4.69) is 16.9 Å². The molecule has 0 bridgehead atoms. The summed E-state index contributed by atoms with van der Waals surface area (Å²) >= 11 is 0. The molecule has 60 valence electrons. The Labute approximate surface area is 67.6 Å². The van der Waals surface area contributed by atoms with Crippen molar-refractivity contribution in [3.05, 3.63) is 11.8 Å².